The van der Waals surface area contributed by atoms with Gasteiger partial charge in [0.05, 0.1) is 0 Å². The molecule has 0 aromatic carbocycles. The van der Waals surface area contributed by atoms with Crippen molar-refractivity contribution in [3.63, 3.8) is 0 Å². The van der Waals surface area contributed by atoms with Crippen molar-refractivity contribution in [3.05, 3.63) is 122 Å². The molecule has 0 atom stereocenters. The van der Waals surface area contributed by atoms with E-state index in [0.29, 0.717) is 0 Å². The predicted molar refractivity (Wildman–Crippen MR) is 127 cm³/mol. The molecule has 0 unspecified atom stereocenters. The van der Waals surface area contributed by atoms with E-state index in [2.05, 4.69) is 36.5 Å². The van der Waals surface area contributed by atoms with Gasteiger partial charge in [0.15, 0.2) is 0 Å². The molecule has 0 aromatic rings. The van der Waals surface area contributed by atoms with Crippen LogP contribution in [0.4, 0.5) is 0 Å². The molecule has 0 amide bonds. The summed E-state index contributed by atoms with van der Waals surface area (Å²) in [5, 5.41) is 0. The Hall–Kier alpha value is -2.60. The van der Waals surface area contributed by atoms with E-state index in [4.69, 9.17) is 0 Å². The summed E-state index contributed by atoms with van der Waals surface area (Å²) in [6.07, 6.45) is 52.5. The Balaban J connectivity index is 2.45. The highest BCUT2D eigenvalue weighted by Crippen LogP contribution is 2.09. The quantitative estimate of drug-likeness (QED) is 0.400. The summed E-state index contributed by atoms with van der Waals surface area (Å²) < 4.78 is 0. The van der Waals surface area contributed by atoms with Gasteiger partial charge in [0.25, 0.3) is 0 Å². The van der Waals surface area contributed by atoms with Gasteiger partial charge in [0.2, 0.25) is 0 Å². The van der Waals surface area contributed by atoms with E-state index < -0.39 is 0 Å². The van der Waals surface area contributed by atoms with Crippen LogP contribution in [0.5, 0.6) is 0 Å². The molecule has 147 valence electrons. The molecule has 0 spiro atoms. The zero-order valence-electron chi connectivity index (χ0n) is 17.1. The average Bonchev–Trinajstić information content (AvgIpc) is 2.71. The van der Waals surface area contributed by atoms with Crippen LogP contribution >= 0.6 is 0 Å². The molecule has 0 heteroatoms. The van der Waals surface area contributed by atoms with Crippen molar-refractivity contribution in [2.45, 2.75) is 51.4 Å². The van der Waals surface area contributed by atoms with Gasteiger partial charge in [-0.15, -0.1) is 0 Å². The third-order valence-corrected chi connectivity index (χ3v) is 4.07. The van der Waals surface area contributed by atoms with Crippen LogP contribution < -0.4 is 0 Å². The Bertz CT molecular complexity index is 582. The molecule has 0 aliphatic heterocycles. The zero-order chi connectivity index (χ0) is 19.8. The Morgan fingerprint density at radius 2 is 0.750 bits per heavy atom. The van der Waals surface area contributed by atoms with Gasteiger partial charge >= 0.3 is 0 Å². The second kappa shape index (κ2) is 20.7. The lowest BCUT2D eigenvalue weighted by atomic mass is 10.1. The van der Waals surface area contributed by atoms with Gasteiger partial charge in [0.1, 0.15) is 0 Å². The maximum atomic E-state index is 3.35. The normalized spacial score (nSPS) is 25.1. The molecule has 0 saturated carbocycles. The molecule has 28 heavy (non-hydrogen) atoms. The minimum Gasteiger partial charge on any atom is -0.0845 e. The van der Waals surface area contributed by atoms with Crippen LogP contribution in [0.15, 0.2) is 115 Å². The molecule has 1 radical (unpaired) electrons. The minimum atomic E-state index is 1.06. The maximum Gasteiger partial charge on any atom is -0.0276 e. The van der Waals surface area contributed by atoms with Crippen molar-refractivity contribution < 1.29 is 0 Å². The Labute approximate surface area is 173 Å². The maximum absolute atomic E-state index is 3.35. The van der Waals surface area contributed by atoms with E-state index in [9.17, 15) is 0 Å². The fraction of sp³-hybridized carbons (Fsp3) is 0.286. The summed E-state index contributed by atoms with van der Waals surface area (Å²) in [5.74, 6) is 0. The van der Waals surface area contributed by atoms with Crippen molar-refractivity contribution in [2.75, 3.05) is 0 Å². The Morgan fingerprint density at radius 3 is 1.29 bits per heavy atom. The first kappa shape index (κ1) is 23.4. The molecule has 0 saturated heterocycles. The SMILES string of the molecule is [C]1=C\C=C/C=C\C=C/C=C\C=C/C=CC=C/C=C\C=CCCCCCCCC1. The monoisotopic (exact) mass is 371 g/mol. The molecule has 0 fully saturated rings. The Kier molecular flexibility index (Phi) is 17.3. The molecule has 0 bridgehead atoms. The van der Waals surface area contributed by atoms with Gasteiger partial charge < -0.3 is 0 Å². The van der Waals surface area contributed by atoms with Gasteiger partial charge in [-0.05, 0) is 31.8 Å². The predicted octanol–water partition coefficient (Wildman–Crippen LogP) is 8.49. The van der Waals surface area contributed by atoms with Gasteiger partial charge in [-0.3, -0.25) is 0 Å². The summed E-state index contributed by atoms with van der Waals surface area (Å²) in [5.41, 5.74) is 0. The molecular formula is C28H35. The largest absolute Gasteiger partial charge is 0.0845 e. The zero-order valence-corrected chi connectivity index (χ0v) is 17.1. The molecule has 0 nitrogen and oxygen atoms in total. The molecular weight excluding hydrogens is 336 g/mol. The third-order valence-electron chi connectivity index (χ3n) is 4.07. The number of hydrogen-bond donors (Lipinski definition) is 0. The number of hydrogen-bond acceptors (Lipinski definition) is 0. The highest BCUT2D eigenvalue weighted by Gasteiger charge is 1.89. The summed E-state index contributed by atoms with van der Waals surface area (Å²) in [6.45, 7) is 0. The molecule has 1 aliphatic carbocycles. The topological polar surface area (TPSA) is 0 Å². The lowest BCUT2D eigenvalue weighted by molar-refractivity contribution is 0.598. The van der Waals surface area contributed by atoms with Crippen molar-refractivity contribution >= 4 is 0 Å². The van der Waals surface area contributed by atoms with E-state index in [1.807, 2.05) is 85.1 Å². The summed E-state index contributed by atoms with van der Waals surface area (Å²) in [6, 6.07) is 0. The van der Waals surface area contributed by atoms with E-state index >= 15 is 0 Å². The fourth-order valence-electron chi connectivity index (χ4n) is 2.54. The van der Waals surface area contributed by atoms with Crippen LogP contribution in [0.1, 0.15) is 51.4 Å². The molecule has 0 aromatic heterocycles. The smallest absolute Gasteiger partial charge is 0.0276 e. The fourth-order valence-corrected chi connectivity index (χ4v) is 2.54. The second-order valence-electron chi connectivity index (χ2n) is 6.54. The molecule has 0 N–H and O–H groups in total. The van der Waals surface area contributed by atoms with Gasteiger partial charge in [-0.2, -0.15) is 0 Å². The average molecular weight is 372 g/mol. The second-order valence-corrected chi connectivity index (χ2v) is 6.54. The summed E-state index contributed by atoms with van der Waals surface area (Å²) in [4.78, 5) is 0. The van der Waals surface area contributed by atoms with Gasteiger partial charge in [-0.1, -0.05) is 141 Å². The molecule has 1 aliphatic rings. The van der Waals surface area contributed by atoms with Crippen LogP contribution in [0.25, 0.3) is 0 Å². The number of allylic oxidation sites excluding steroid dienone is 20. The van der Waals surface area contributed by atoms with E-state index in [-0.39, 0.29) is 0 Å². The summed E-state index contributed by atoms with van der Waals surface area (Å²) >= 11 is 0. The van der Waals surface area contributed by atoms with Crippen LogP contribution in [-0.4, -0.2) is 0 Å². The van der Waals surface area contributed by atoms with Crippen LogP contribution in [-0.2, 0) is 0 Å². The summed E-state index contributed by atoms with van der Waals surface area (Å²) in [7, 11) is 0. The van der Waals surface area contributed by atoms with E-state index in [0.717, 1.165) is 6.42 Å². The van der Waals surface area contributed by atoms with Crippen LogP contribution in [0.2, 0.25) is 0 Å². The van der Waals surface area contributed by atoms with Crippen molar-refractivity contribution in [1.29, 1.82) is 0 Å². The lowest BCUT2D eigenvalue weighted by Gasteiger charge is -1.98. The third kappa shape index (κ3) is 18.2. The first-order valence-corrected chi connectivity index (χ1v) is 10.6. The number of rotatable bonds is 0. The van der Waals surface area contributed by atoms with Crippen LogP contribution in [0.3, 0.4) is 0 Å². The first-order valence-electron chi connectivity index (χ1n) is 10.6. The van der Waals surface area contributed by atoms with Gasteiger partial charge in [-0.25, -0.2) is 0 Å². The standard InChI is InChI=1S/C28H35/c1-2-4-6-8-10-12-14-16-18-20-22-24-26-28-27-25-23-21-19-17-15-13-11-9-7-5-3-1/h1-19H,20,22-28H2/b2-1-,5-3-,6-4?,9-7-,10-8?,13-11-,14-12-,17-15-,18-16?,21-19?. The van der Waals surface area contributed by atoms with Crippen molar-refractivity contribution in [3.8, 4) is 0 Å². The van der Waals surface area contributed by atoms with Crippen LogP contribution in [0, 0.1) is 6.08 Å². The Morgan fingerprint density at radius 1 is 0.357 bits per heavy atom. The van der Waals surface area contributed by atoms with E-state index in [1.54, 1.807) is 0 Å². The molecule has 0 heterocycles. The molecule has 1 rings (SSSR count). The van der Waals surface area contributed by atoms with Crippen molar-refractivity contribution in [1.82, 2.24) is 0 Å². The van der Waals surface area contributed by atoms with Crippen molar-refractivity contribution in [2.24, 2.45) is 0 Å². The lowest BCUT2D eigenvalue weighted by Crippen LogP contribution is -1.79. The highest BCUT2D eigenvalue weighted by atomic mass is 14.0. The minimum absolute atomic E-state index is 1.06. The highest BCUT2D eigenvalue weighted by molar-refractivity contribution is 5.22. The van der Waals surface area contributed by atoms with Gasteiger partial charge in [0, 0.05) is 0 Å². The first-order chi connectivity index (χ1) is 14.0. The van der Waals surface area contributed by atoms with E-state index in [1.165, 1.54) is 44.9 Å².